The van der Waals surface area contributed by atoms with E-state index in [2.05, 4.69) is 9.71 Å². The molecule has 0 radical (unpaired) electrons. The molecule has 0 atom stereocenters. The summed E-state index contributed by atoms with van der Waals surface area (Å²) in [5.74, 6) is -0.773. The van der Waals surface area contributed by atoms with Gasteiger partial charge in [-0.25, -0.2) is 13.1 Å². The molecule has 9 heteroatoms. The molecule has 31 heavy (non-hydrogen) atoms. The van der Waals surface area contributed by atoms with Crippen molar-refractivity contribution >= 4 is 33.4 Å². The van der Waals surface area contributed by atoms with Gasteiger partial charge in [-0.15, -0.1) is 0 Å². The third-order valence-electron chi connectivity index (χ3n) is 4.97. The van der Waals surface area contributed by atoms with E-state index in [0.29, 0.717) is 17.0 Å². The van der Waals surface area contributed by atoms with Gasteiger partial charge in [-0.05, 0) is 53.9 Å². The van der Waals surface area contributed by atoms with E-state index >= 15 is 0 Å². The molecule has 7 nitrogen and oxygen atoms in total. The van der Waals surface area contributed by atoms with Crippen LogP contribution in [0.1, 0.15) is 32.0 Å². The third-order valence-corrected chi connectivity index (χ3v) is 6.64. The van der Waals surface area contributed by atoms with Crippen LogP contribution < -0.4 is 4.72 Å². The predicted molar refractivity (Wildman–Crippen MR) is 115 cm³/mol. The number of carbonyl (C=O) groups excluding carboxylic acids is 2. The van der Waals surface area contributed by atoms with Crippen molar-refractivity contribution in [1.29, 1.82) is 0 Å². The molecule has 1 N–H and O–H groups in total. The molecule has 0 aliphatic carbocycles. The molecule has 0 saturated heterocycles. The van der Waals surface area contributed by atoms with Gasteiger partial charge in [-0.3, -0.25) is 19.5 Å². The Balaban J connectivity index is 1.37. The summed E-state index contributed by atoms with van der Waals surface area (Å²) in [4.78, 5) is 30.0. The van der Waals surface area contributed by atoms with Crippen LogP contribution in [0.5, 0.6) is 0 Å². The Morgan fingerprint density at radius 3 is 2.26 bits per heavy atom. The average Bonchev–Trinajstić information content (AvgIpc) is 3.02. The van der Waals surface area contributed by atoms with E-state index in [1.54, 1.807) is 48.5 Å². The number of sulfonamides is 1. The Kier molecular flexibility index (Phi) is 5.86. The van der Waals surface area contributed by atoms with Crippen molar-refractivity contribution < 1.29 is 18.0 Å². The van der Waals surface area contributed by atoms with Crippen molar-refractivity contribution in [3.8, 4) is 0 Å². The first-order chi connectivity index (χ1) is 14.8. The van der Waals surface area contributed by atoms with Gasteiger partial charge in [0, 0.05) is 24.3 Å². The summed E-state index contributed by atoms with van der Waals surface area (Å²) in [6, 6.07) is 16.5. The third kappa shape index (κ3) is 4.51. The molecule has 1 aliphatic heterocycles. The maximum atomic E-state index is 12.5. The van der Waals surface area contributed by atoms with Crippen LogP contribution in [0.2, 0.25) is 5.02 Å². The summed E-state index contributed by atoms with van der Waals surface area (Å²) in [7, 11) is -3.68. The van der Waals surface area contributed by atoms with Crippen molar-refractivity contribution in [3.63, 3.8) is 0 Å². The van der Waals surface area contributed by atoms with Crippen LogP contribution in [-0.2, 0) is 23.0 Å². The lowest BCUT2D eigenvalue weighted by Crippen LogP contribution is -2.31. The molecule has 0 fully saturated rings. The summed E-state index contributed by atoms with van der Waals surface area (Å²) in [5, 5.41) is 0.583. The van der Waals surface area contributed by atoms with Crippen LogP contribution in [0.3, 0.4) is 0 Å². The van der Waals surface area contributed by atoms with Crippen molar-refractivity contribution in [1.82, 2.24) is 14.6 Å². The molecule has 1 aliphatic rings. The Morgan fingerprint density at radius 2 is 1.58 bits per heavy atom. The Hall–Kier alpha value is -3.07. The highest BCUT2D eigenvalue weighted by Gasteiger charge is 2.36. The van der Waals surface area contributed by atoms with Crippen molar-refractivity contribution in [2.45, 2.75) is 17.9 Å². The SMILES string of the molecule is O=C1c2cccnc2C(=O)N1CCc1ccc(S(=O)(=O)NCc2ccc(Cl)cc2)cc1. The highest BCUT2D eigenvalue weighted by Crippen LogP contribution is 2.21. The molecule has 0 unspecified atom stereocenters. The van der Waals surface area contributed by atoms with E-state index in [9.17, 15) is 18.0 Å². The van der Waals surface area contributed by atoms with Crippen LogP contribution in [0.25, 0.3) is 0 Å². The zero-order valence-electron chi connectivity index (χ0n) is 16.3. The minimum absolute atomic E-state index is 0.134. The number of fused-ring (bicyclic) bond motifs is 1. The van der Waals surface area contributed by atoms with Gasteiger partial charge < -0.3 is 0 Å². The molecule has 3 aromatic rings. The number of amides is 2. The predicted octanol–water partition coefficient (Wildman–Crippen LogP) is 3.05. The number of carbonyl (C=O) groups is 2. The topological polar surface area (TPSA) is 96.4 Å². The first-order valence-corrected chi connectivity index (χ1v) is 11.4. The number of rotatable bonds is 7. The lowest BCUT2D eigenvalue weighted by atomic mass is 10.1. The average molecular weight is 456 g/mol. The lowest BCUT2D eigenvalue weighted by Gasteiger charge is -2.13. The number of halogens is 1. The van der Waals surface area contributed by atoms with Crippen molar-refractivity contribution in [2.75, 3.05) is 6.54 Å². The van der Waals surface area contributed by atoms with Crippen molar-refractivity contribution in [3.05, 3.63) is 94.3 Å². The second-order valence-corrected chi connectivity index (χ2v) is 9.21. The van der Waals surface area contributed by atoms with Gasteiger partial charge in [0.2, 0.25) is 10.0 Å². The van der Waals surface area contributed by atoms with Gasteiger partial charge in [0.25, 0.3) is 11.8 Å². The van der Waals surface area contributed by atoms with Gasteiger partial charge in [-0.1, -0.05) is 35.9 Å². The number of nitrogens with zero attached hydrogens (tertiary/aromatic N) is 2. The number of pyridine rings is 1. The molecule has 4 rings (SSSR count). The van der Waals surface area contributed by atoms with Gasteiger partial charge in [0.05, 0.1) is 10.5 Å². The van der Waals surface area contributed by atoms with Gasteiger partial charge in [0.1, 0.15) is 5.69 Å². The second-order valence-electron chi connectivity index (χ2n) is 7.01. The molecule has 2 heterocycles. The molecule has 2 amide bonds. The van der Waals surface area contributed by atoms with E-state index in [1.165, 1.54) is 18.3 Å². The second kappa shape index (κ2) is 8.58. The fourth-order valence-corrected chi connectivity index (χ4v) is 4.40. The van der Waals surface area contributed by atoms with E-state index in [1.807, 2.05) is 0 Å². The van der Waals surface area contributed by atoms with Crippen LogP contribution in [0, 0.1) is 0 Å². The monoisotopic (exact) mass is 455 g/mol. The minimum atomic E-state index is -3.68. The van der Waals surface area contributed by atoms with E-state index < -0.39 is 15.9 Å². The summed E-state index contributed by atoms with van der Waals surface area (Å²) < 4.78 is 27.6. The van der Waals surface area contributed by atoms with Crippen LogP contribution >= 0.6 is 11.6 Å². The molecule has 0 saturated carbocycles. The van der Waals surface area contributed by atoms with Gasteiger partial charge >= 0.3 is 0 Å². The smallest absolute Gasteiger partial charge is 0.273 e. The lowest BCUT2D eigenvalue weighted by molar-refractivity contribution is 0.0654. The number of nitrogens with one attached hydrogen (secondary N) is 1. The molecule has 158 valence electrons. The normalized spacial score (nSPS) is 13.5. The first kappa shape index (κ1) is 21.2. The van der Waals surface area contributed by atoms with E-state index in [0.717, 1.165) is 16.0 Å². The van der Waals surface area contributed by atoms with Gasteiger partial charge in [0.15, 0.2) is 0 Å². The largest absolute Gasteiger partial charge is 0.280 e. The highest BCUT2D eigenvalue weighted by molar-refractivity contribution is 7.89. The van der Waals surface area contributed by atoms with Crippen molar-refractivity contribution in [2.24, 2.45) is 0 Å². The number of imide groups is 1. The summed E-state index contributed by atoms with van der Waals surface area (Å²) in [5.41, 5.74) is 2.07. The molecule has 2 aromatic carbocycles. The number of benzene rings is 2. The highest BCUT2D eigenvalue weighted by atomic mass is 35.5. The summed E-state index contributed by atoms with van der Waals surface area (Å²) >= 11 is 5.84. The molecule has 0 spiro atoms. The van der Waals surface area contributed by atoms with Crippen LogP contribution in [-0.4, -0.2) is 36.7 Å². The minimum Gasteiger partial charge on any atom is -0.273 e. The zero-order chi connectivity index (χ0) is 22.0. The quantitative estimate of drug-likeness (QED) is 0.552. The summed E-state index contributed by atoms with van der Waals surface area (Å²) in [6.45, 7) is 0.337. The molecule has 0 bridgehead atoms. The van der Waals surface area contributed by atoms with E-state index in [-0.39, 0.29) is 29.6 Å². The van der Waals surface area contributed by atoms with Crippen LogP contribution in [0.15, 0.2) is 71.8 Å². The zero-order valence-corrected chi connectivity index (χ0v) is 17.9. The van der Waals surface area contributed by atoms with Gasteiger partial charge in [-0.2, -0.15) is 0 Å². The maximum Gasteiger partial charge on any atom is 0.280 e. The Labute approximate surface area is 184 Å². The molecular formula is C22H18ClN3O4S. The molecular weight excluding hydrogens is 438 g/mol. The number of aromatic nitrogens is 1. The number of hydrogen-bond donors (Lipinski definition) is 1. The fraction of sp³-hybridized carbons (Fsp3) is 0.136. The number of hydrogen-bond acceptors (Lipinski definition) is 5. The summed E-state index contributed by atoms with van der Waals surface area (Å²) in [6.07, 6.45) is 1.89. The standard InChI is InChI=1S/C22H18ClN3O4S/c23-17-7-3-16(4-8-17)14-25-31(29,30)18-9-5-15(6-10-18)11-13-26-21(27)19-2-1-12-24-20(19)22(26)28/h1-10,12,25H,11,13-14H2. The maximum absolute atomic E-state index is 12.5. The van der Waals surface area contributed by atoms with Crippen LogP contribution in [0.4, 0.5) is 0 Å². The molecule has 1 aromatic heterocycles. The Morgan fingerprint density at radius 1 is 0.903 bits per heavy atom. The first-order valence-electron chi connectivity index (χ1n) is 9.49. The fourth-order valence-electron chi connectivity index (χ4n) is 3.26. The Bertz CT molecular complexity index is 1210. The van der Waals surface area contributed by atoms with E-state index in [4.69, 9.17) is 11.6 Å².